The molecule has 4 rings (SSSR count). The number of benzene rings is 1. The molecule has 0 bridgehead atoms. The molecular weight excluding hydrogens is 411 g/mol. The van der Waals surface area contributed by atoms with Crippen molar-refractivity contribution < 1.29 is 17.9 Å². The van der Waals surface area contributed by atoms with Crippen LogP contribution in [0.1, 0.15) is 5.56 Å². The number of aromatic nitrogens is 4. The van der Waals surface area contributed by atoms with Gasteiger partial charge in [0.05, 0.1) is 31.6 Å². The highest BCUT2D eigenvalue weighted by molar-refractivity contribution is 5.52. The smallest absolute Gasteiger partial charge is 0.229 e. The van der Waals surface area contributed by atoms with Crippen molar-refractivity contribution in [2.45, 2.75) is 13.1 Å². The van der Waals surface area contributed by atoms with E-state index in [0.29, 0.717) is 23.9 Å². The summed E-state index contributed by atoms with van der Waals surface area (Å²) in [5.74, 6) is -2.21. The summed E-state index contributed by atoms with van der Waals surface area (Å²) < 4.78 is 47.8. The molecule has 31 heavy (non-hydrogen) atoms. The fourth-order valence-corrected chi connectivity index (χ4v) is 3.19. The van der Waals surface area contributed by atoms with Crippen molar-refractivity contribution in [3.63, 3.8) is 0 Å². The molecule has 1 saturated heterocycles. The van der Waals surface area contributed by atoms with Gasteiger partial charge in [-0.25, -0.2) is 18.2 Å². The summed E-state index contributed by atoms with van der Waals surface area (Å²) >= 11 is 0. The quantitative estimate of drug-likeness (QED) is 0.566. The second-order valence-electron chi connectivity index (χ2n) is 7.04. The summed E-state index contributed by atoms with van der Waals surface area (Å²) in [6, 6.07) is 2.85. The molecular formula is C20H22F3N7O. The van der Waals surface area contributed by atoms with Gasteiger partial charge in [-0.15, -0.1) is 0 Å². The van der Waals surface area contributed by atoms with Crippen molar-refractivity contribution >= 4 is 17.5 Å². The van der Waals surface area contributed by atoms with Gasteiger partial charge < -0.3 is 15.4 Å². The predicted octanol–water partition coefficient (Wildman–Crippen LogP) is 2.78. The van der Waals surface area contributed by atoms with Crippen LogP contribution in [0.15, 0.2) is 36.8 Å². The van der Waals surface area contributed by atoms with Crippen molar-refractivity contribution in [3.05, 3.63) is 59.8 Å². The van der Waals surface area contributed by atoms with Gasteiger partial charge in [0.2, 0.25) is 5.95 Å². The first-order valence-electron chi connectivity index (χ1n) is 9.87. The van der Waals surface area contributed by atoms with Crippen LogP contribution in [0.4, 0.5) is 30.6 Å². The number of morpholine rings is 1. The van der Waals surface area contributed by atoms with Crippen LogP contribution in [0.25, 0.3) is 0 Å². The van der Waals surface area contributed by atoms with Crippen molar-refractivity contribution in [1.29, 1.82) is 0 Å². The standard InChI is InChI=1S/C20H22F3N7O/c21-14-9-17(22)16(18(23)10-14)12-25-19-1-2-24-20(28-19)27-15-11-26-30(13-15)4-3-29-5-7-31-8-6-29/h1-2,9-11,13H,3-8,12H2,(H2,24,25,27,28). The Morgan fingerprint density at radius 1 is 1.06 bits per heavy atom. The third-order valence-electron chi connectivity index (χ3n) is 4.85. The van der Waals surface area contributed by atoms with Crippen LogP contribution in [0.5, 0.6) is 0 Å². The van der Waals surface area contributed by atoms with Gasteiger partial charge in [0.25, 0.3) is 0 Å². The maximum Gasteiger partial charge on any atom is 0.229 e. The van der Waals surface area contributed by atoms with Crippen LogP contribution in [0.3, 0.4) is 0 Å². The van der Waals surface area contributed by atoms with E-state index < -0.39 is 17.5 Å². The molecule has 3 aromatic rings. The first-order valence-corrected chi connectivity index (χ1v) is 9.87. The normalized spacial score (nSPS) is 14.5. The SMILES string of the molecule is Fc1cc(F)c(CNc2ccnc(Nc3cnn(CCN4CCOCC4)c3)n2)c(F)c1. The summed E-state index contributed by atoms with van der Waals surface area (Å²) in [5.41, 5.74) is 0.450. The molecule has 164 valence electrons. The van der Waals surface area contributed by atoms with Gasteiger partial charge in [0.1, 0.15) is 23.3 Å². The minimum absolute atomic E-state index is 0.187. The minimum Gasteiger partial charge on any atom is -0.379 e. The summed E-state index contributed by atoms with van der Waals surface area (Å²) in [4.78, 5) is 10.7. The third-order valence-corrected chi connectivity index (χ3v) is 4.85. The highest BCUT2D eigenvalue weighted by atomic mass is 19.1. The van der Waals surface area contributed by atoms with Crippen molar-refractivity contribution in [3.8, 4) is 0 Å². The number of anilines is 3. The predicted molar refractivity (Wildman–Crippen MR) is 108 cm³/mol. The number of hydrogen-bond donors (Lipinski definition) is 2. The van der Waals surface area contributed by atoms with E-state index in [0.717, 1.165) is 45.1 Å². The van der Waals surface area contributed by atoms with E-state index in [9.17, 15) is 13.2 Å². The second kappa shape index (κ2) is 9.75. The summed E-state index contributed by atoms with van der Waals surface area (Å²) in [6.07, 6.45) is 5.04. The zero-order valence-corrected chi connectivity index (χ0v) is 16.7. The molecule has 0 amide bonds. The molecule has 0 atom stereocenters. The molecule has 1 aliphatic heterocycles. The van der Waals surface area contributed by atoms with Gasteiger partial charge in [-0.2, -0.15) is 10.1 Å². The Bertz CT molecular complexity index is 1000. The lowest BCUT2D eigenvalue weighted by atomic mass is 10.2. The van der Waals surface area contributed by atoms with Crippen LogP contribution < -0.4 is 10.6 Å². The van der Waals surface area contributed by atoms with E-state index in [4.69, 9.17) is 4.74 Å². The first kappa shape index (κ1) is 21.1. The molecule has 0 unspecified atom stereocenters. The van der Waals surface area contributed by atoms with Crippen molar-refractivity contribution in [2.75, 3.05) is 43.5 Å². The molecule has 2 N–H and O–H groups in total. The Hall–Kier alpha value is -3.18. The van der Waals surface area contributed by atoms with E-state index in [-0.39, 0.29) is 12.1 Å². The molecule has 0 aliphatic carbocycles. The maximum absolute atomic E-state index is 13.8. The van der Waals surface area contributed by atoms with E-state index in [1.54, 1.807) is 12.3 Å². The average Bonchev–Trinajstić information content (AvgIpc) is 3.20. The van der Waals surface area contributed by atoms with E-state index in [1.165, 1.54) is 6.20 Å². The van der Waals surface area contributed by atoms with Crippen molar-refractivity contribution in [2.24, 2.45) is 0 Å². The lowest BCUT2D eigenvalue weighted by Gasteiger charge is -2.26. The summed E-state index contributed by atoms with van der Waals surface area (Å²) in [7, 11) is 0. The Morgan fingerprint density at radius 2 is 1.84 bits per heavy atom. The molecule has 0 spiro atoms. The number of hydrogen-bond acceptors (Lipinski definition) is 7. The molecule has 2 aromatic heterocycles. The van der Waals surface area contributed by atoms with Crippen LogP contribution in [-0.2, 0) is 17.8 Å². The largest absolute Gasteiger partial charge is 0.379 e. The van der Waals surface area contributed by atoms with Crippen LogP contribution in [0, 0.1) is 17.5 Å². The van der Waals surface area contributed by atoms with E-state index >= 15 is 0 Å². The number of nitrogens with one attached hydrogen (secondary N) is 2. The van der Waals surface area contributed by atoms with Gasteiger partial charge in [0, 0.05) is 56.3 Å². The number of ether oxygens (including phenoxy) is 1. The summed E-state index contributed by atoms with van der Waals surface area (Å²) in [6.45, 7) is 4.81. The fraction of sp³-hybridized carbons (Fsp3) is 0.350. The molecule has 0 saturated carbocycles. The van der Waals surface area contributed by atoms with E-state index in [1.807, 2.05) is 10.9 Å². The lowest BCUT2D eigenvalue weighted by molar-refractivity contribution is 0.0360. The zero-order valence-electron chi connectivity index (χ0n) is 16.7. The second-order valence-corrected chi connectivity index (χ2v) is 7.04. The van der Waals surface area contributed by atoms with Gasteiger partial charge in [-0.3, -0.25) is 9.58 Å². The third kappa shape index (κ3) is 5.70. The molecule has 8 nitrogen and oxygen atoms in total. The molecule has 1 aliphatic rings. The van der Waals surface area contributed by atoms with Crippen LogP contribution in [0.2, 0.25) is 0 Å². The number of halogens is 3. The highest BCUT2D eigenvalue weighted by Crippen LogP contribution is 2.18. The topological polar surface area (TPSA) is 80.1 Å². The van der Waals surface area contributed by atoms with Crippen LogP contribution in [-0.4, -0.2) is 57.5 Å². The molecule has 1 fully saturated rings. The van der Waals surface area contributed by atoms with Crippen LogP contribution >= 0.6 is 0 Å². The van der Waals surface area contributed by atoms with Crippen molar-refractivity contribution in [1.82, 2.24) is 24.6 Å². The lowest BCUT2D eigenvalue weighted by Crippen LogP contribution is -2.38. The minimum atomic E-state index is -0.960. The molecule has 1 aromatic carbocycles. The maximum atomic E-state index is 13.8. The molecule has 11 heteroatoms. The average molecular weight is 433 g/mol. The Kier molecular flexibility index (Phi) is 6.63. The summed E-state index contributed by atoms with van der Waals surface area (Å²) in [5, 5.41) is 10.2. The zero-order chi connectivity index (χ0) is 21.6. The highest BCUT2D eigenvalue weighted by Gasteiger charge is 2.12. The van der Waals surface area contributed by atoms with Gasteiger partial charge >= 0.3 is 0 Å². The monoisotopic (exact) mass is 433 g/mol. The van der Waals surface area contributed by atoms with Gasteiger partial charge in [-0.1, -0.05) is 0 Å². The molecule has 3 heterocycles. The number of rotatable bonds is 8. The molecule has 0 radical (unpaired) electrons. The van der Waals surface area contributed by atoms with Gasteiger partial charge in [0.15, 0.2) is 0 Å². The fourth-order valence-electron chi connectivity index (χ4n) is 3.19. The first-order chi connectivity index (χ1) is 15.1. The Balaban J connectivity index is 1.33. The van der Waals surface area contributed by atoms with Gasteiger partial charge in [-0.05, 0) is 6.07 Å². The van der Waals surface area contributed by atoms with E-state index in [2.05, 4.69) is 30.6 Å². The Labute approximate surface area is 177 Å². The Morgan fingerprint density at radius 3 is 2.61 bits per heavy atom. The number of nitrogens with zero attached hydrogens (tertiary/aromatic N) is 5.